The first-order chi connectivity index (χ1) is 9.45. The molecule has 0 unspecified atom stereocenters. The summed E-state index contributed by atoms with van der Waals surface area (Å²) in [4.78, 5) is 16.5. The average Bonchev–Trinajstić information content (AvgIpc) is 2.73. The van der Waals surface area contributed by atoms with Crippen molar-refractivity contribution < 1.29 is 4.79 Å². The van der Waals surface area contributed by atoms with Crippen LogP contribution in [0.5, 0.6) is 0 Å². The predicted molar refractivity (Wildman–Crippen MR) is 84.1 cm³/mol. The van der Waals surface area contributed by atoms with E-state index in [1.165, 1.54) is 11.3 Å². The fourth-order valence-corrected chi connectivity index (χ4v) is 3.17. The highest BCUT2D eigenvalue weighted by Gasteiger charge is 2.13. The fourth-order valence-electron chi connectivity index (χ4n) is 1.65. The van der Waals surface area contributed by atoms with Crippen LogP contribution in [0.25, 0.3) is 10.2 Å². The summed E-state index contributed by atoms with van der Waals surface area (Å²) >= 11 is 13.6. The Morgan fingerprint density at radius 3 is 2.80 bits per heavy atom. The smallest absolute Gasteiger partial charge is 0.250 e. The van der Waals surface area contributed by atoms with E-state index in [0.29, 0.717) is 14.8 Å². The van der Waals surface area contributed by atoms with E-state index in [0.717, 1.165) is 10.2 Å². The van der Waals surface area contributed by atoms with Crippen LogP contribution in [0, 0.1) is 18.3 Å². The Hall–Kier alpha value is -1.28. The molecule has 0 fully saturated rings. The number of halogens is 2. The van der Waals surface area contributed by atoms with Gasteiger partial charge in [0, 0.05) is 5.92 Å². The summed E-state index contributed by atoms with van der Waals surface area (Å²) in [5, 5.41) is 0.874. The first kappa shape index (κ1) is 15.1. The van der Waals surface area contributed by atoms with Gasteiger partial charge in [-0.2, -0.15) is 4.99 Å². The van der Waals surface area contributed by atoms with E-state index in [9.17, 15) is 4.79 Å². The van der Waals surface area contributed by atoms with Crippen LogP contribution in [0.4, 0.5) is 0 Å². The normalized spacial score (nSPS) is 12.1. The quantitative estimate of drug-likeness (QED) is 0.774. The third-order valence-corrected chi connectivity index (χ3v) is 4.52. The highest BCUT2D eigenvalue weighted by Crippen LogP contribution is 2.31. The van der Waals surface area contributed by atoms with Crippen LogP contribution in [0.15, 0.2) is 17.1 Å². The summed E-state index contributed by atoms with van der Waals surface area (Å²) in [5.41, 5.74) is 0.720. The Balaban J connectivity index is 2.80. The van der Waals surface area contributed by atoms with E-state index in [-0.39, 0.29) is 18.4 Å². The zero-order valence-corrected chi connectivity index (χ0v) is 13.3. The van der Waals surface area contributed by atoms with Gasteiger partial charge in [-0.3, -0.25) is 4.79 Å². The Kier molecular flexibility index (Phi) is 4.54. The predicted octanol–water partition coefficient (Wildman–Crippen LogP) is 3.73. The van der Waals surface area contributed by atoms with Gasteiger partial charge in [-0.05, 0) is 12.1 Å². The molecule has 0 saturated carbocycles. The summed E-state index contributed by atoms with van der Waals surface area (Å²) < 4.78 is 2.64. The molecule has 0 saturated heterocycles. The van der Waals surface area contributed by atoms with E-state index in [1.807, 2.05) is 6.07 Å². The lowest BCUT2D eigenvalue weighted by Gasteiger charge is -2.03. The van der Waals surface area contributed by atoms with Crippen molar-refractivity contribution in [3.05, 3.63) is 27.0 Å². The molecule has 0 atom stereocenters. The van der Waals surface area contributed by atoms with Gasteiger partial charge in [0.05, 0.1) is 26.8 Å². The van der Waals surface area contributed by atoms with E-state index < -0.39 is 0 Å². The molecule has 1 heterocycles. The monoisotopic (exact) mass is 326 g/mol. The Bertz CT molecular complexity index is 781. The molecule has 0 N–H and O–H groups in total. The lowest BCUT2D eigenvalue weighted by molar-refractivity contribution is -0.120. The molecule has 0 spiro atoms. The molecule has 1 aromatic carbocycles. The minimum absolute atomic E-state index is 0.168. The molecule has 1 amide bonds. The van der Waals surface area contributed by atoms with Crippen LogP contribution in [0.3, 0.4) is 0 Å². The fraction of sp³-hybridized carbons (Fsp3) is 0.286. The largest absolute Gasteiger partial charge is 0.303 e. The minimum Gasteiger partial charge on any atom is -0.303 e. The molecule has 0 bridgehead atoms. The zero-order chi connectivity index (χ0) is 14.9. The van der Waals surface area contributed by atoms with Crippen molar-refractivity contribution >= 4 is 50.7 Å². The van der Waals surface area contributed by atoms with E-state index in [4.69, 9.17) is 29.6 Å². The highest BCUT2D eigenvalue weighted by atomic mass is 35.5. The van der Waals surface area contributed by atoms with Crippen molar-refractivity contribution in [1.29, 1.82) is 0 Å². The number of thiazole rings is 1. The number of fused-ring (bicyclic) bond motifs is 1. The third-order valence-electron chi connectivity index (χ3n) is 2.68. The maximum Gasteiger partial charge on any atom is 0.250 e. The van der Waals surface area contributed by atoms with Crippen LogP contribution in [-0.4, -0.2) is 10.5 Å². The molecule has 0 aliphatic carbocycles. The number of amides is 1. The number of carbonyl (C=O) groups excluding carboxylic acids is 1. The van der Waals surface area contributed by atoms with Gasteiger partial charge in [-0.25, -0.2) is 0 Å². The van der Waals surface area contributed by atoms with Gasteiger partial charge >= 0.3 is 0 Å². The van der Waals surface area contributed by atoms with Crippen LogP contribution in [-0.2, 0) is 11.3 Å². The number of terminal acetylenes is 1. The highest BCUT2D eigenvalue weighted by molar-refractivity contribution is 7.16. The summed E-state index contributed by atoms with van der Waals surface area (Å²) in [7, 11) is 0. The van der Waals surface area contributed by atoms with Gasteiger partial charge in [0.1, 0.15) is 0 Å². The number of hydrogen-bond donors (Lipinski definition) is 0. The molecular formula is C14H12Cl2N2OS. The van der Waals surface area contributed by atoms with Gasteiger partial charge < -0.3 is 4.57 Å². The number of rotatable bonds is 2. The first-order valence-electron chi connectivity index (χ1n) is 5.95. The standard InChI is InChI=1S/C14H12Cl2N2OS/c1-4-7-18-12-10(6-5-9(15)11(12)16)20-14(18)17-13(19)8(2)3/h1,5-6,8H,7H2,2-3H3. The number of hydrogen-bond acceptors (Lipinski definition) is 2. The molecule has 0 aliphatic heterocycles. The number of carbonyl (C=O) groups is 1. The molecule has 2 rings (SSSR count). The van der Waals surface area contributed by atoms with Crippen molar-refractivity contribution in [2.24, 2.45) is 10.9 Å². The van der Waals surface area contributed by atoms with Crippen molar-refractivity contribution in [1.82, 2.24) is 4.57 Å². The van der Waals surface area contributed by atoms with Crippen LogP contribution < -0.4 is 4.80 Å². The molecular weight excluding hydrogens is 315 g/mol. The number of benzene rings is 1. The van der Waals surface area contributed by atoms with Gasteiger partial charge in [0.25, 0.3) is 5.91 Å². The Morgan fingerprint density at radius 1 is 1.50 bits per heavy atom. The summed E-state index contributed by atoms with van der Waals surface area (Å²) in [6.45, 7) is 3.88. The van der Waals surface area contributed by atoms with Crippen molar-refractivity contribution in [2.75, 3.05) is 0 Å². The minimum atomic E-state index is -0.190. The lowest BCUT2D eigenvalue weighted by atomic mass is 10.2. The molecule has 1 aromatic heterocycles. The van der Waals surface area contributed by atoms with Crippen LogP contribution in [0.1, 0.15) is 13.8 Å². The van der Waals surface area contributed by atoms with E-state index in [2.05, 4.69) is 10.9 Å². The second-order valence-corrected chi connectivity index (χ2v) is 6.28. The molecule has 0 radical (unpaired) electrons. The molecule has 0 aliphatic rings. The Labute approximate surface area is 130 Å². The molecule has 6 heteroatoms. The summed E-state index contributed by atoms with van der Waals surface area (Å²) in [6.07, 6.45) is 5.39. The van der Waals surface area contributed by atoms with Crippen molar-refractivity contribution in [3.63, 3.8) is 0 Å². The third kappa shape index (κ3) is 2.76. The second-order valence-electron chi connectivity index (χ2n) is 4.49. The maximum absolute atomic E-state index is 11.8. The topological polar surface area (TPSA) is 34.4 Å². The van der Waals surface area contributed by atoms with E-state index in [1.54, 1.807) is 24.5 Å². The SMILES string of the molecule is C#CCn1c(=NC(=O)C(C)C)sc2ccc(Cl)c(Cl)c21. The lowest BCUT2D eigenvalue weighted by Crippen LogP contribution is -2.18. The zero-order valence-electron chi connectivity index (χ0n) is 11.0. The second kappa shape index (κ2) is 6.01. The molecule has 3 nitrogen and oxygen atoms in total. The number of aromatic nitrogens is 1. The average molecular weight is 327 g/mol. The molecule has 20 heavy (non-hydrogen) atoms. The maximum atomic E-state index is 11.8. The van der Waals surface area contributed by atoms with Crippen molar-refractivity contribution in [2.45, 2.75) is 20.4 Å². The van der Waals surface area contributed by atoms with Gasteiger partial charge in [-0.1, -0.05) is 54.3 Å². The van der Waals surface area contributed by atoms with Gasteiger partial charge in [0.15, 0.2) is 4.80 Å². The molecule has 2 aromatic rings. The van der Waals surface area contributed by atoms with Gasteiger partial charge in [-0.15, -0.1) is 6.42 Å². The van der Waals surface area contributed by atoms with Gasteiger partial charge in [0.2, 0.25) is 0 Å². The Morgan fingerprint density at radius 2 is 2.20 bits per heavy atom. The van der Waals surface area contributed by atoms with Crippen molar-refractivity contribution in [3.8, 4) is 12.3 Å². The number of nitrogens with zero attached hydrogens (tertiary/aromatic N) is 2. The summed E-state index contributed by atoms with van der Waals surface area (Å²) in [6, 6.07) is 3.57. The van der Waals surface area contributed by atoms with E-state index >= 15 is 0 Å². The first-order valence-corrected chi connectivity index (χ1v) is 7.52. The molecule has 104 valence electrons. The summed E-state index contributed by atoms with van der Waals surface area (Å²) in [5.74, 6) is 2.19. The van der Waals surface area contributed by atoms with Crippen LogP contribution >= 0.6 is 34.5 Å². The van der Waals surface area contributed by atoms with Crippen LogP contribution in [0.2, 0.25) is 10.0 Å².